The maximum atomic E-state index is 13.3. The van der Waals surface area contributed by atoms with Crippen LogP contribution in [0.2, 0.25) is 0 Å². The Morgan fingerprint density at radius 3 is 2.43 bits per heavy atom. The number of carboxylic acids is 2. The van der Waals surface area contributed by atoms with E-state index in [0.717, 1.165) is 50.6 Å². The van der Waals surface area contributed by atoms with Crippen molar-refractivity contribution in [1.29, 1.82) is 0 Å². The molecule has 9 nitrogen and oxygen atoms in total. The monoisotopic (exact) mass is 604 g/mol. The molecule has 0 saturated heterocycles. The lowest BCUT2D eigenvalue weighted by molar-refractivity contribution is -0.175. The van der Waals surface area contributed by atoms with E-state index < -0.39 is 36.7 Å². The highest BCUT2D eigenvalue weighted by molar-refractivity contribution is 5.88. The SMILES string of the molecule is CN(CCCCCc1ccc2ccccc2c1)C(=O)[C@H](OCCCCNc1ccc2c(c1)CCC2)[C@@H](OCC(=O)O)C(=O)O. The van der Waals surface area contributed by atoms with E-state index in [1.54, 1.807) is 7.05 Å². The van der Waals surface area contributed by atoms with Crippen molar-refractivity contribution in [3.63, 3.8) is 0 Å². The number of nitrogens with one attached hydrogen (secondary N) is 1. The Balaban J connectivity index is 1.23. The van der Waals surface area contributed by atoms with E-state index >= 15 is 0 Å². The van der Waals surface area contributed by atoms with E-state index in [4.69, 9.17) is 14.6 Å². The molecule has 0 aromatic heterocycles. The number of anilines is 1. The van der Waals surface area contributed by atoms with Gasteiger partial charge in [0, 0.05) is 32.4 Å². The molecule has 4 rings (SSSR count). The van der Waals surface area contributed by atoms with Crippen molar-refractivity contribution in [2.24, 2.45) is 0 Å². The summed E-state index contributed by atoms with van der Waals surface area (Å²) in [7, 11) is 1.61. The Morgan fingerprint density at radius 1 is 0.841 bits per heavy atom. The van der Waals surface area contributed by atoms with E-state index in [1.165, 1.54) is 38.8 Å². The molecule has 0 fully saturated rings. The van der Waals surface area contributed by atoms with Crippen LogP contribution >= 0.6 is 0 Å². The van der Waals surface area contributed by atoms with Crippen LogP contribution in [-0.4, -0.2) is 78.5 Å². The van der Waals surface area contributed by atoms with Crippen molar-refractivity contribution < 1.29 is 34.1 Å². The fourth-order valence-electron chi connectivity index (χ4n) is 5.67. The van der Waals surface area contributed by atoms with Crippen molar-refractivity contribution in [2.45, 2.75) is 70.0 Å². The lowest BCUT2D eigenvalue weighted by Crippen LogP contribution is -2.50. The zero-order valence-corrected chi connectivity index (χ0v) is 25.5. The van der Waals surface area contributed by atoms with E-state index in [0.29, 0.717) is 19.5 Å². The second-order valence-corrected chi connectivity index (χ2v) is 11.5. The summed E-state index contributed by atoms with van der Waals surface area (Å²) in [5.41, 5.74) is 5.16. The van der Waals surface area contributed by atoms with E-state index in [9.17, 15) is 19.5 Å². The van der Waals surface area contributed by atoms with Crippen LogP contribution < -0.4 is 5.32 Å². The standard InChI is InChI=1S/C35H44N2O7/c1-37(20-7-2-3-10-25-15-16-26-11-4-5-12-28(26)22-25)34(40)32(33(35(41)42)44-24-31(38)39)43-21-8-6-19-36-30-18-17-27-13-9-14-29(27)23-30/h4-5,11-12,15-18,22-23,32-33,36H,2-3,6-10,13-14,19-21,24H2,1H3,(H,38,39)(H,41,42)/t32-,33-/m1/s1. The molecule has 3 N–H and O–H groups in total. The van der Waals surface area contributed by atoms with Crippen LogP contribution in [0.4, 0.5) is 5.69 Å². The molecular weight excluding hydrogens is 560 g/mol. The minimum Gasteiger partial charge on any atom is -0.480 e. The van der Waals surface area contributed by atoms with E-state index in [-0.39, 0.29) is 6.61 Å². The quantitative estimate of drug-likeness (QED) is 0.157. The number of hydrogen-bond donors (Lipinski definition) is 3. The zero-order chi connectivity index (χ0) is 31.3. The predicted molar refractivity (Wildman–Crippen MR) is 170 cm³/mol. The first-order valence-electron chi connectivity index (χ1n) is 15.6. The Kier molecular flexibility index (Phi) is 12.6. The van der Waals surface area contributed by atoms with Gasteiger partial charge in [-0.25, -0.2) is 9.59 Å². The molecular formula is C35H44N2O7. The van der Waals surface area contributed by atoms with Crippen molar-refractivity contribution in [3.05, 3.63) is 77.4 Å². The Labute approximate surface area is 259 Å². The minimum atomic E-state index is -1.72. The minimum absolute atomic E-state index is 0.141. The van der Waals surface area contributed by atoms with E-state index in [2.05, 4.69) is 53.8 Å². The lowest BCUT2D eigenvalue weighted by Gasteiger charge is -2.27. The number of aliphatic carboxylic acids is 2. The van der Waals surface area contributed by atoms with Crippen LogP contribution in [-0.2, 0) is 43.1 Å². The van der Waals surface area contributed by atoms with Gasteiger partial charge in [0.1, 0.15) is 6.61 Å². The summed E-state index contributed by atoms with van der Waals surface area (Å²) >= 11 is 0. The van der Waals surface area contributed by atoms with Gasteiger partial charge in [0.25, 0.3) is 5.91 Å². The Morgan fingerprint density at radius 2 is 1.64 bits per heavy atom. The summed E-state index contributed by atoms with van der Waals surface area (Å²) in [6.07, 6.45) is 5.14. The zero-order valence-electron chi connectivity index (χ0n) is 25.5. The molecule has 0 heterocycles. The van der Waals surface area contributed by atoms with Gasteiger partial charge in [-0.05, 0) is 91.0 Å². The third kappa shape index (κ3) is 9.79. The summed E-state index contributed by atoms with van der Waals surface area (Å²) in [4.78, 5) is 37.9. The largest absolute Gasteiger partial charge is 0.480 e. The van der Waals surface area contributed by atoms with Crippen molar-refractivity contribution in [1.82, 2.24) is 4.90 Å². The molecule has 44 heavy (non-hydrogen) atoms. The molecule has 0 bridgehead atoms. The number of rotatable bonds is 19. The maximum Gasteiger partial charge on any atom is 0.336 e. The number of amides is 1. The smallest absolute Gasteiger partial charge is 0.336 e. The van der Waals surface area contributed by atoms with Gasteiger partial charge in [-0.1, -0.05) is 55.0 Å². The first-order chi connectivity index (χ1) is 21.3. The van der Waals surface area contributed by atoms with Gasteiger partial charge in [-0.2, -0.15) is 0 Å². The van der Waals surface area contributed by atoms with E-state index in [1.807, 2.05) is 12.1 Å². The van der Waals surface area contributed by atoms with Gasteiger partial charge in [-0.3, -0.25) is 4.79 Å². The van der Waals surface area contributed by atoms with Gasteiger partial charge in [0.15, 0.2) is 12.2 Å². The number of fused-ring (bicyclic) bond motifs is 2. The number of nitrogens with zero attached hydrogens (tertiary/aromatic N) is 1. The molecule has 1 amide bonds. The number of ether oxygens (including phenoxy) is 2. The number of unbranched alkanes of at least 4 members (excludes halogenated alkanes) is 3. The molecule has 1 aliphatic carbocycles. The summed E-state index contributed by atoms with van der Waals surface area (Å²) in [6, 6.07) is 21.2. The van der Waals surface area contributed by atoms with Crippen molar-refractivity contribution in [3.8, 4) is 0 Å². The fourth-order valence-corrected chi connectivity index (χ4v) is 5.67. The normalized spacial score (nSPS) is 13.8. The number of carbonyl (C=O) groups excluding carboxylic acids is 1. The first-order valence-corrected chi connectivity index (χ1v) is 15.6. The highest BCUT2D eigenvalue weighted by atomic mass is 16.6. The van der Waals surface area contributed by atoms with Gasteiger partial charge in [-0.15, -0.1) is 0 Å². The second kappa shape index (κ2) is 16.8. The fraction of sp³-hybridized carbons (Fsp3) is 0.457. The Hall–Kier alpha value is -3.95. The predicted octanol–water partition coefficient (Wildman–Crippen LogP) is 5.33. The molecule has 3 aromatic rings. The number of likely N-dealkylation sites (N-methyl/N-ethyl adjacent to an activating group) is 1. The lowest BCUT2D eigenvalue weighted by atomic mass is 10.0. The van der Waals surface area contributed by atoms with Crippen LogP contribution in [0.5, 0.6) is 0 Å². The molecule has 0 unspecified atom stereocenters. The van der Waals surface area contributed by atoms with Gasteiger partial charge in [0.2, 0.25) is 0 Å². The summed E-state index contributed by atoms with van der Waals surface area (Å²) in [6.45, 7) is 0.430. The highest BCUT2D eigenvalue weighted by Gasteiger charge is 2.37. The molecule has 0 spiro atoms. The molecule has 2 atom stereocenters. The van der Waals surface area contributed by atoms with Crippen LogP contribution in [0.25, 0.3) is 10.8 Å². The number of hydrogen-bond acceptors (Lipinski definition) is 6. The first kappa shape index (κ1) is 33.0. The number of benzene rings is 3. The Bertz CT molecular complexity index is 1410. The van der Waals surface area contributed by atoms with Gasteiger partial charge in [0.05, 0.1) is 0 Å². The highest BCUT2D eigenvalue weighted by Crippen LogP contribution is 2.25. The topological polar surface area (TPSA) is 125 Å². The molecule has 0 radical (unpaired) electrons. The molecule has 0 saturated carbocycles. The van der Waals surface area contributed by atoms with Crippen molar-refractivity contribution in [2.75, 3.05) is 38.7 Å². The van der Waals surface area contributed by atoms with Crippen LogP contribution in [0, 0.1) is 0 Å². The average Bonchev–Trinajstić information content (AvgIpc) is 3.49. The third-order valence-corrected chi connectivity index (χ3v) is 8.09. The molecule has 236 valence electrons. The molecule has 3 aromatic carbocycles. The third-order valence-electron chi connectivity index (χ3n) is 8.09. The maximum absolute atomic E-state index is 13.3. The number of carbonyl (C=O) groups is 3. The second-order valence-electron chi connectivity index (χ2n) is 11.5. The van der Waals surface area contributed by atoms with Gasteiger partial charge >= 0.3 is 11.9 Å². The van der Waals surface area contributed by atoms with Crippen LogP contribution in [0.1, 0.15) is 55.2 Å². The van der Waals surface area contributed by atoms with Crippen LogP contribution in [0.15, 0.2) is 60.7 Å². The molecule has 1 aliphatic rings. The summed E-state index contributed by atoms with van der Waals surface area (Å²) < 4.78 is 10.9. The molecule has 0 aliphatic heterocycles. The van der Waals surface area contributed by atoms with Gasteiger partial charge < -0.3 is 29.9 Å². The molecule has 9 heteroatoms. The van der Waals surface area contributed by atoms with Crippen LogP contribution in [0.3, 0.4) is 0 Å². The summed E-state index contributed by atoms with van der Waals surface area (Å²) in [5, 5.41) is 24.6. The number of carboxylic acid groups (broad SMARTS) is 2. The summed E-state index contributed by atoms with van der Waals surface area (Å²) in [5.74, 6) is -3.29. The number of aryl methyl sites for hydroxylation is 3. The van der Waals surface area contributed by atoms with Crippen molar-refractivity contribution >= 4 is 34.3 Å². The average molecular weight is 605 g/mol.